The molecule has 0 spiro atoms. The van der Waals surface area contributed by atoms with Gasteiger partial charge in [0.05, 0.1) is 15.7 Å². The highest BCUT2D eigenvalue weighted by Crippen LogP contribution is 2.31. The third-order valence-electron chi connectivity index (χ3n) is 4.58. The van der Waals surface area contributed by atoms with Crippen molar-refractivity contribution < 1.29 is 17.8 Å². The second-order valence-corrected chi connectivity index (χ2v) is 10.2. The van der Waals surface area contributed by atoms with E-state index in [1.165, 1.54) is 28.6 Å². The lowest BCUT2D eigenvalue weighted by molar-refractivity contribution is -0.384. The molecule has 10 heteroatoms. The van der Waals surface area contributed by atoms with Crippen LogP contribution in [0.3, 0.4) is 0 Å². The van der Waals surface area contributed by atoms with E-state index in [0.717, 1.165) is 6.42 Å². The first-order valence-electron chi connectivity index (χ1n) is 9.13. The maximum Gasteiger partial charge on any atom is 0.269 e. The molecule has 152 valence electrons. The average Bonchev–Trinajstić information content (AvgIpc) is 3.08. The molecule has 0 amide bonds. The minimum Gasteiger partial charge on any atom is -0.425 e. The molecule has 1 aliphatic rings. The van der Waals surface area contributed by atoms with Crippen LogP contribution in [0.15, 0.2) is 33.6 Å². The number of benzene rings is 1. The van der Waals surface area contributed by atoms with Gasteiger partial charge in [0.2, 0.25) is 21.8 Å². The van der Waals surface area contributed by atoms with Gasteiger partial charge in [0.1, 0.15) is 0 Å². The fraction of sp³-hybridized carbons (Fsp3) is 0.556. The second kappa shape index (κ2) is 7.59. The van der Waals surface area contributed by atoms with E-state index in [1.54, 1.807) is 0 Å². The van der Waals surface area contributed by atoms with Crippen LogP contribution in [0.4, 0.5) is 5.69 Å². The Kier molecular flexibility index (Phi) is 5.53. The van der Waals surface area contributed by atoms with E-state index in [-0.39, 0.29) is 28.5 Å². The normalized spacial score (nSPS) is 18.9. The molecule has 1 aliphatic heterocycles. The maximum absolute atomic E-state index is 12.9. The number of nitrogens with zero attached hydrogens (tertiary/aromatic N) is 4. The smallest absolute Gasteiger partial charge is 0.269 e. The summed E-state index contributed by atoms with van der Waals surface area (Å²) in [5, 5.41) is 19.0. The minimum absolute atomic E-state index is 0.0155. The summed E-state index contributed by atoms with van der Waals surface area (Å²) in [6.07, 6.45) is 2.09. The van der Waals surface area contributed by atoms with Crippen molar-refractivity contribution in [2.45, 2.75) is 50.8 Å². The van der Waals surface area contributed by atoms with Crippen molar-refractivity contribution in [3.05, 3.63) is 46.2 Å². The van der Waals surface area contributed by atoms with E-state index in [9.17, 15) is 18.5 Å². The molecule has 1 aromatic carbocycles. The molecule has 1 saturated heterocycles. The van der Waals surface area contributed by atoms with Crippen LogP contribution in [-0.4, -0.2) is 40.9 Å². The molecule has 3 rings (SSSR count). The van der Waals surface area contributed by atoms with Gasteiger partial charge in [-0.3, -0.25) is 10.1 Å². The molecule has 2 heterocycles. The van der Waals surface area contributed by atoms with Crippen LogP contribution in [0.5, 0.6) is 0 Å². The molecular weight excluding hydrogens is 384 g/mol. The Morgan fingerprint density at radius 3 is 2.54 bits per heavy atom. The van der Waals surface area contributed by atoms with Crippen molar-refractivity contribution in [3.8, 4) is 0 Å². The van der Waals surface area contributed by atoms with Gasteiger partial charge in [0, 0.05) is 31.6 Å². The lowest BCUT2D eigenvalue weighted by Gasteiger charge is -2.30. The zero-order valence-electron chi connectivity index (χ0n) is 16.2. The first kappa shape index (κ1) is 20.4. The topological polar surface area (TPSA) is 119 Å². The summed E-state index contributed by atoms with van der Waals surface area (Å²) in [5.41, 5.74) is -0.130. The maximum atomic E-state index is 12.9. The van der Waals surface area contributed by atoms with Crippen LogP contribution in [0.25, 0.3) is 0 Å². The third kappa shape index (κ3) is 4.56. The van der Waals surface area contributed by atoms with Gasteiger partial charge >= 0.3 is 0 Å². The molecule has 0 radical (unpaired) electrons. The third-order valence-corrected chi connectivity index (χ3v) is 6.46. The quantitative estimate of drug-likeness (QED) is 0.550. The van der Waals surface area contributed by atoms with Crippen molar-refractivity contribution in [2.24, 2.45) is 5.41 Å². The number of aromatic nitrogens is 2. The number of rotatable bonds is 5. The Balaban J connectivity index is 1.76. The largest absolute Gasteiger partial charge is 0.425 e. The summed E-state index contributed by atoms with van der Waals surface area (Å²) in [5.74, 6) is 0.850. The number of nitro groups is 1. The Morgan fingerprint density at radius 2 is 1.93 bits per heavy atom. The van der Waals surface area contributed by atoms with Crippen molar-refractivity contribution in [3.63, 3.8) is 0 Å². The molecule has 0 saturated carbocycles. The molecule has 1 atom stereocenters. The van der Waals surface area contributed by atoms with E-state index in [0.29, 0.717) is 31.2 Å². The Hall–Kier alpha value is -2.33. The van der Waals surface area contributed by atoms with E-state index in [4.69, 9.17) is 4.42 Å². The number of nitro benzene ring substituents is 1. The van der Waals surface area contributed by atoms with Crippen LogP contribution < -0.4 is 0 Å². The number of hydrogen-bond donors (Lipinski definition) is 0. The number of sulfonamides is 1. The van der Waals surface area contributed by atoms with Crippen molar-refractivity contribution in [1.82, 2.24) is 14.5 Å². The van der Waals surface area contributed by atoms with Gasteiger partial charge in [0.15, 0.2) is 0 Å². The molecule has 1 aromatic heterocycles. The van der Waals surface area contributed by atoms with Gasteiger partial charge in [0.25, 0.3) is 5.69 Å². The monoisotopic (exact) mass is 408 g/mol. The van der Waals surface area contributed by atoms with E-state index < -0.39 is 14.9 Å². The van der Waals surface area contributed by atoms with E-state index in [1.807, 2.05) is 0 Å². The molecule has 0 bridgehead atoms. The summed E-state index contributed by atoms with van der Waals surface area (Å²) in [6.45, 7) is 6.87. The molecule has 0 aliphatic carbocycles. The van der Waals surface area contributed by atoms with Gasteiger partial charge in [-0.05, 0) is 30.4 Å². The van der Waals surface area contributed by atoms with Crippen LogP contribution in [0.1, 0.15) is 51.3 Å². The highest BCUT2D eigenvalue weighted by Gasteiger charge is 2.33. The zero-order valence-corrected chi connectivity index (χ0v) is 17.0. The zero-order chi connectivity index (χ0) is 20.5. The van der Waals surface area contributed by atoms with Crippen molar-refractivity contribution in [2.75, 3.05) is 13.1 Å². The Bertz CT molecular complexity index is 947. The summed E-state index contributed by atoms with van der Waals surface area (Å²) in [4.78, 5) is 10.3. The summed E-state index contributed by atoms with van der Waals surface area (Å²) in [7, 11) is -3.75. The van der Waals surface area contributed by atoms with Gasteiger partial charge in [-0.15, -0.1) is 10.2 Å². The molecular formula is C18H24N4O5S. The SMILES string of the molecule is CC(C)(C)Cc1nnc(C2CCCN(S(=O)(=O)c3ccc([N+](=O)[O-])cc3)C2)o1. The van der Waals surface area contributed by atoms with Crippen molar-refractivity contribution in [1.29, 1.82) is 0 Å². The second-order valence-electron chi connectivity index (χ2n) is 8.22. The van der Waals surface area contributed by atoms with Crippen molar-refractivity contribution >= 4 is 15.7 Å². The molecule has 1 fully saturated rings. The Morgan fingerprint density at radius 1 is 1.25 bits per heavy atom. The van der Waals surface area contributed by atoms with Gasteiger partial charge in [-0.1, -0.05) is 20.8 Å². The summed E-state index contributed by atoms with van der Waals surface area (Å²) >= 11 is 0. The fourth-order valence-electron chi connectivity index (χ4n) is 3.21. The molecule has 1 unspecified atom stereocenters. The molecule has 0 N–H and O–H groups in total. The molecule has 28 heavy (non-hydrogen) atoms. The number of non-ortho nitro benzene ring substituents is 1. The summed E-state index contributed by atoms with van der Waals surface area (Å²) < 4.78 is 33.0. The lowest BCUT2D eigenvalue weighted by Crippen LogP contribution is -2.39. The van der Waals surface area contributed by atoms with Gasteiger partial charge in [-0.25, -0.2) is 8.42 Å². The van der Waals surface area contributed by atoms with Gasteiger partial charge < -0.3 is 4.42 Å². The number of piperidine rings is 1. The highest BCUT2D eigenvalue weighted by atomic mass is 32.2. The van der Waals surface area contributed by atoms with E-state index in [2.05, 4.69) is 31.0 Å². The average molecular weight is 408 g/mol. The van der Waals surface area contributed by atoms with Crippen LogP contribution in [0.2, 0.25) is 0 Å². The van der Waals surface area contributed by atoms with Gasteiger partial charge in [-0.2, -0.15) is 4.31 Å². The Labute approximate surface area is 164 Å². The number of hydrogen-bond acceptors (Lipinski definition) is 7. The van der Waals surface area contributed by atoms with Crippen LogP contribution >= 0.6 is 0 Å². The first-order valence-corrected chi connectivity index (χ1v) is 10.6. The standard InChI is InChI=1S/C18H24N4O5S/c1-18(2,3)11-16-19-20-17(27-16)13-5-4-10-21(12-13)28(25,26)15-8-6-14(7-9-15)22(23)24/h6-9,13H,4-5,10-12H2,1-3H3. The molecule has 2 aromatic rings. The molecule has 9 nitrogen and oxygen atoms in total. The minimum atomic E-state index is -3.75. The first-order chi connectivity index (χ1) is 13.1. The van der Waals surface area contributed by atoms with E-state index >= 15 is 0 Å². The van der Waals surface area contributed by atoms with Crippen LogP contribution in [-0.2, 0) is 16.4 Å². The highest BCUT2D eigenvalue weighted by molar-refractivity contribution is 7.89. The predicted octanol–water partition coefficient (Wildman–Crippen LogP) is 3.13. The fourth-order valence-corrected chi connectivity index (χ4v) is 4.73. The lowest BCUT2D eigenvalue weighted by atomic mass is 9.92. The summed E-state index contributed by atoms with van der Waals surface area (Å²) in [6, 6.07) is 4.94. The van der Waals surface area contributed by atoms with Crippen LogP contribution in [0, 0.1) is 15.5 Å². The predicted molar refractivity (Wildman–Crippen MR) is 101 cm³/mol.